The lowest BCUT2D eigenvalue weighted by Crippen LogP contribution is -2.36. The first kappa shape index (κ1) is 20.8. The molecule has 0 aliphatic carbocycles. The van der Waals surface area contributed by atoms with E-state index in [1.165, 1.54) is 6.92 Å². The van der Waals surface area contributed by atoms with Crippen LogP contribution in [0.2, 0.25) is 0 Å². The van der Waals surface area contributed by atoms with Gasteiger partial charge in [0.05, 0.1) is 30.6 Å². The first-order valence-electron chi connectivity index (χ1n) is 10.9. The number of anilines is 4. The molecule has 0 spiro atoms. The number of ether oxygens (including phenoxy) is 1. The Bertz CT molecular complexity index is 1290. The summed E-state index contributed by atoms with van der Waals surface area (Å²) in [5.41, 5.74) is 4.32. The van der Waals surface area contributed by atoms with Gasteiger partial charge < -0.3 is 20.3 Å². The minimum Gasteiger partial charge on any atom is -0.378 e. The van der Waals surface area contributed by atoms with E-state index in [1.807, 2.05) is 54.6 Å². The third-order valence-corrected chi connectivity index (χ3v) is 5.44. The second-order valence-electron chi connectivity index (χ2n) is 7.83. The lowest BCUT2D eigenvalue weighted by molar-refractivity contribution is -0.114. The maximum absolute atomic E-state index is 11.4. The van der Waals surface area contributed by atoms with Gasteiger partial charge in [0.1, 0.15) is 5.82 Å². The molecule has 8 nitrogen and oxygen atoms in total. The predicted octanol–water partition coefficient (Wildman–Crippen LogP) is 4.23. The molecule has 3 heterocycles. The van der Waals surface area contributed by atoms with Gasteiger partial charge in [-0.25, -0.2) is 15.0 Å². The van der Waals surface area contributed by atoms with Gasteiger partial charge in [-0.15, -0.1) is 0 Å². The SMILES string of the molecule is CC(=O)Nc1cccc(-c2cccc3cnc(Nc4ccc(N5CCOCC5)nc4)nc23)c1. The zero-order valence-electron chi connectivity index (χ0n) is 18.3. The highest BCUT2D eigenvalue weighted by molar-refractivity contribution is 5.95. The quantitative estimate of drug-likeness (QED) is 0.480. The highest BCUT2D eigenvalue weighted by Crippen LogP contribution is 2.30. The van der Waals surface area contributed by atoms with Gasteiger partial charge in [0.25, 0.3) is 0 Å². The number of hydrogen-bond donors (Lipinski definition) is 2. The second-order valence-corrected chi connectivity index (χ2v) is 7.83. The van der Waals surface area contributed by atoms with Crippen LogP contribution in [0.15, 0.2) is 67.0 Å². The Balaban J connectivity index is 1.42. The van der Waals surface area contributed by atoms with Gasteiger partial charge in [0.15, 0.2) is 0 Å². The van der Waals surface area contributed by atoms with Crippen LogP contribution in [-0.2, 0) is 9.53 Å². The summed E-state index contributed by atoms with van der Waals surface area (Å²) in [5.74, 6) is 1.32. The number of aromatic nitrogens is 3. The summed E-state index contributed by atoms with van der Waals surface area (Å²) in [6.45, 7) is 4.64. The fourth-order valence-electron chi connectivity index (χ4n) is 3.89. The molecular formula is C25H24N6O2. The third-order valence-electron chi connectivity index (χ3n) is 5.44. The summed E-state index contributed by atoms with van der Waals surface area (Å²) in [7, 11) is 0. The van der Waals surface area contributed by atoms with Crippen molar-refractivity contribution >= 4 is 40.0 Å². The molecule has 1 saturated heterocycles. The van der Waals surface area contributed by atoms with Crippen molar-refractivity contribution in [3.63, 3.8) is 0 Å². The van der Waals surface area contributed by atoms with Gasteiger partial charge in [-0.3, -0.25) is 4.79 Å². The molecule has 4 aromatic rings. The van der Waals surface area contributed by atoms with Gasteiger partial charge in [-0.2, -0.15) is 0 Å². The van der Waals surface area contributed by atoms with Crippen molar-refractivity contribution in [1.82, 2.24) is 15.0 Å². The van der Waals surface area contributed by atoms with E-state index in [0.29, 0.717) is 5.95 Å². The summed E-state index contributed by atoms with van der Waals surface area (Å²) in [6.07, 6.45) is 3.60. The Morgan fingerprint density at radius 1 is 0.970 bits per heavy atom. The Morgan fingerprint density at radius 3 is 2.61 bits per heavy atom. The largest absolute Gasteiger partial charge is 0.378 e. The smallest absolute Gasteiger partial charge is 0.227 e. The molecule has 0 radical (unpaired) electrons. The first-order chi connectivity index (χ1) is 16.2. The van der Waals surface area contributed by atoms with Crippen molar-refractivity contribution in [3.8, 4) is 11.1 Å². The van der Waals surface area contributed by atoms with Gasteiger partial charge in [-0.1, -0.05) is 30.3 Å². The second kappa shape index (κ2) is 9.22. The van der Waals surface area contributed by atoms with Crippen LogP contribution in [0.1, 0.15) is 6.92 Å². The highest BCUT2D eigenvalue weighted by Gasteiger charge is 2.13. The van der Waals surface area contributed by atoms with Gasteiger partial charge in [-0.05, 0) is 29.8 Å². The van der Waals surface area contributed by atoms with E-state index in [2.05, 4.69) is 25.5 Å². The average Bonchev–Trinajstić information content (AvgIpc) is 2.84. The van der Waals surface area contributed by atoms with Crippen LogP contribution in [0.4, 0.5) is 23.1 Å². The Hall–Kier alpha value is -4.04. The van der Waals surface area contributed by atoms with E-state index < -0.39 is 0 Å². The molecule has 0 saturated carbocycles. The molecular weight excluding hydrogens is 416 g/mol. The number of nitrogens with zero attached hydrogens (tertiary/aromatic N) is 4. The monoisotopic (exact) mass is 440 g/mol. The van der Waals surface area contributed by atoms with Crippen LogP contribution in [0, 0.1) is 0 Å². The average molecular weight is 441 g/mol. The highest BCUT2D eigenvalue weighted by atomic mass is 16.5. The molecule has 5 rings (SSSR count). The van der Waals surface area contributed by atoms with E-state index in [1.54, 1.807) is 12.4 Å². The molecule has 33 heavy (non-hydrogen) atoms. The number of pyridine rings is 1. The van der Waals surface area contributed by atoms with Crippen LogP contribution in [-0.4, -0.2) is 47.2 Å². The normalized spacial score (nSPS) is 13.7. The lowest BCUT2D eigenvalue weighted by Gasteiger charge is -2.27. The van der Waals surface area contributed by atoms with Crippen LogP contribution < -0.4 is 15.5 Å². The van der Waals surface area contributed by atoms with E-state index in [-0.39, 0.29) is 5.91 Å². The van der Waals surface area contributed by atoms with E-state index in [9.17, 15) is 4.79 Å². The third kappa shape index (κ3) is 4.75. The number of para-hydroxylation sites is 1. The van der Waals surface area contributed by atoms with Crippen LogP contribution in [0.25, 0.3) is 22.0 Å². The summed E-state index contributed by atoms with van der Waals surface area (Å²) in [6, 6.07) is 17.7. The maximum atomic E-state index is 11.4. The maximum Gasteiger partial charge on any atom is 0.227 e. The zero-order valence-corrected chi connectivity index (χ0v) is 18.3. The number of nitrogens with one attached hydrogen (secondary N) is 2. The van der Waals surface area contributed by atoms with Gasteiger partial charge >= 0.3 is 0 Å². The Morgan fingerprint density at radius 2 is 1.82 bits per heavy atom. The van der Waals surface area contributed by atoms with Gasteiger partial charge in [0.2, 0.25) is 11.9 Å². The molecule has 1 aliphatic heterocycles. The van der Waals surface area contributed by atoms with Crippen molar-refractivity contribution in [2.24, 2.45) is 0 Å². The zero-order chi connectivity index (χ0) is 22.6. The van der Waals surface area contributed by atoms with E-state index in [0.717, 1.165) is 65.5 Å². The number of carbonyl (C=O) groups is 1. The van der Waals surface area contributed by atoms with Gasteiger partial charge in [0, 0.05) is 42.8 Å². The minimum absolute atomic E-state index is 0.105. The van der Waals surface area contributed by atoms with Crippen LogP contribution >= 0.6 is 0 Å². The standard InChI is InChI=1S/C25H24N6O2/c1-17(32)28-20-6-2-4-18(14-20)22-7-3-5-19-15-27-25(30-24(19)22)29-21-8-9-23(26-16-21)31-10-12-33-13-11-31/h2-9,14-16H,10-13H2,1H3,(H,28,32)(H,27,29,30). The topological polar surface area (TPSA) is 92.3 Å². The van der Waals surface area contributed by atoms with Crippen LogP contribution in [0.3, 0.4) is 0 Å². The molecule has 0 atom stereocenters. The first-order valence-corrected chi connectivity index (χ1v) is 10.9. The Labute approximate surface area is 191 Å². The van der Waals surface area contributed by atoms with Crippen molar-refractivity contribution in [3.05, 3.63) is 67.0 Å². The van der Waals surface area contributed by atoms with Crippen molar-refractivity contribution in [1.29, 1.82) is 0 Å². The molecule has 166 valence electrons. The fourth-order valence-corrected chi connectivity index (χ4v) is 3.89. The summed E-state index contributed by atoms with van der Waals surface area (Å²) in [4.78, 5) is 27.5. The summed E-state index contributed by atoms with van der Waals surface area (Å²) >= 11 is 0. The Kier molecular flexibility index (Phi) is 5.82. The lowest BCUT2D eigenvalue weighted by atomic mass is 10.0. The summed E-state index contributed by atoms with van der Waals surface area (Å²) < 4.78 is 5.41. The number of benzene rings is 2. The predicted molar refractivity (Wildman–Crippen MR) is 130 cm³/mol. The summed E-state index contributed by atoms with van der Waals surface area (Å²) in [5, 5.41) is 7.03. The molecule has 1 aliphatic rings. The molecule has 2 N–H and O–H groups in total. The minimum atomic E-state index is -0.105. The van der Waals surface area contributed by atoms with Crippen molar-refractivity contribution in [2.75, 3.05) is 41.8 Å². The molecule has 0 bridgehead atoms. The van der Waals surface area contributed by atoms with Crippen molar-refractivity contribution in [2.45, 2.75) is 6.92 Å². The molecule has 0 unspecified atom stereocenters. The number of hydrogen-bond acceptors (Lipinski definition) is 7. The van der Waals surface area contributed by atoms with E-state index in [4.69, 9.17) is 9.72 Å². The number of carbonyl (C=O) groups excluding carboxylic acids is 1. The molecule has 1 amide bonds. The molecule has 2 aromatic carbocycles. The number of morpholine rings is 1. The number of rotatable bonds is 5. The van der Waals surface area contributed by atoms with Crippen molar-refractivity contribution < 1.29 is 9.53 Å². The number of amides is 1. The molecule has 1 fully saturated rings. The molecule has 2 aromatic heterocycles. The fraction of sp³-hybridized carbons (Fsp3) is 0.200. The number of fused-ring (bicyclic) bond motifs is 1. The van der Waals surface area contributed by atoms with Crippen LogP contribution in [0.5, 0.6) is 0 Å². The molecule has 8 heteroatoms. The van der Waals surface area contributed by atoms with E-state index >= 15 is 0 Å².